The minimum absolute atomic E-state index is 0.0442. The zero-order valence-electron chi connectivity index (χ0n) is 13.2. The number of likely N-dealkylation sites (tertiary alicyclic amines) is 1. The molecule has 1 aliphatic heterocycles. The van der Waals surface area contributed by atoms with E-state index in [0.29, 0.717) is 19.6 Å². The molecule has 1 fully saturated rings. The zero-order valence-corrected chi connectivity index (χ0v) is 13.2. The monoisotopic (exact) mass is 304 g/mol. The predicted octanol–water partition coefficient (Wildman–Crippen LogP) is 1.83. The lowest BCUT2D eigenvalue weighted by atomic mass is 10.1. The van der Waals surface area contributed by atoms with E-state index in [4.69, 9.17) is 4.74 Å². The molecular weight excluding hydrogens is 280 g/mol. The van der Waals surface area contributed by atoms with Crippen molar-refractivity contribution in [3.63, 3.8) is 0 Å². The first-order chi connectivity index (χ1) is 10.6. The number of hydrogen-bond donors (Lipinski definition) is 1. The van der Waals surface area contributed by atoms with Gasteiger partial charge in [0.2, 0.25) is 11.8 Å². The molecule has 1 N–H and O–H groups in total. The number of ether oxygens (including phenoxy) is 1. The fraction of sp³-hybridized carbons (Fsp3) is 0.529. The van der Waals surface area contributed by atoms with E-state index in [0.717, 1.165) is 18.6 Å². The Balaban J connectivity index is 1.82. The molecule has 5 nitrogen and oxygen atoms in total. The molecule has 0 bridgehead atoms. The maximum Gasteiger partial charge on any atom is 0.242 e. The summed E-state index contributed by atoms with van der Waals surface area (Å²) in [6, 6.07) is 9.26. The van der Waals surface area contributed by atoms with Crippen molar-refractivity contribution in [3.8, 4) is 5.75 Å². The molecule has 0 aliphatic carbocycles. The van der Waals surface area contributed by atoms with Crippen LogP contribution in [0.5, 0.6) is 5.75 Å². The van der Waals surface area contributed by atoms with Gasteiger partial charge < -0.3 is 15.0 Å². The van der Waals surface area contributed by atoms with Gasteiger partial charge in [-0.05, 0) is 31.4 Å². The molecule has 1 heterocycles. The summed E-state index contributed by atoms with van der Waals surface area (Å²) in [5.41, 5.74) is 0. The summed E-state index contributed by atoms with van der Waals surface area (Å²) < 4.78 is 5.63. The van der Waals surface area contributed by atoms with Gasteiger partial charge in [-0.25, -0.2) is 0 Å². The topological polar surface area (TPSA) is 58.6 Å². The Morgan fingerprint density at radius 3 is 2.77 bits per heavy atom. The SMILES string of the molecule is CNC(=O)[C@@H]1CCCN1C(=O)[C@H](C)CCOc1ccccc1. The van der Waals surface area contributed by atoms with Gasteiger partial charge in [-0.2, -0.15) is 0 Å². The highest BCUT2D eigenvalue weighted by Gasteiger charge is 2.35. The Bertz CT molecular complexity index is 504. The molecular formula is C17H24N2O3. The number of rotatable bonds is 6. The first-order valence-corrected chi connectivity index (χ1v) is 7.83. The fourth-order valence-corrected chi connectivity index (χ4v) is 2.75. The van der Waals surface area contributed by atoms with Gasteiger partial charge in [-0.1, -0.05) is 25.1 Å². The lowest BCUT2D eigenvalue weighted by Crippen LogP contribution is -2.46. The highest BCUT2D eigenvalue weighted by molar-refractivity contribution is 5.88. The van der Waals surface area contributed by atoms with Crippen molar-refractivity contribution in [2.45, 2.75) is 32.2 Å². The number of carbonyl (C=O) groups is 2. The van der Waals surface area contributed by atoms with E-state index in [9.17, 15) is 9.59 Å². The van der Waals surface area contributed by atoms with Crippen LogP contribution in [0, 0.1) is 5.92 Å². The van der Waals surface area contributed by atoms with Gasteiger partial charge in [0.1, 0.15) is 11.8 Å². The Morgan fingerprint density at radius 2 is 2.09 bits per heavy atom. The second-order valence-electron chi connectivity index (χ2n) is 5.66. The third-order valence-electron chi connectivity index (χ3n) is 4.07. The van der Waals surface area contributed by atoms with Crippen molar-refractivity contribution < 1.29 is 14.3 Å². The van der Waals surface area contributed by atoms with Crippen molar-refractivity contribution in [2.75, 3.05) is 20.2 Å². The Hall–Kier alpha value is -2.04. The number of likely N-dealkylation sites (N-methyl/N-ethyl adjacent to an activating group) is 1. The van der Waals surface area contributed by atoms with Gasteiger partial charge in [-0.3, -0.25) is 9.59 Å². The molecule has 22 heavy (non-hydrogen) atoms. The summed E-state index contributed by atoms with van der Waals surface area (Å²) in [6.45, 7) is 3.06. The molecule has 0 spiro atoms. The van der Waals surface area contributed by atoms with Crippen LogP contribution in [0.1, 0.15) is 26.2 Å². The van der Waals surface area contributed by atoms with Crippen LogP contribution in [0.15, 0.2) is 30.3 Å². The fourth-order valence-electron chi connectivity index (χ4n) is 2.75. The highest BCUT2D eigenvalue weighted by Crippen LogP contribution is 2.21. The Labute approximate surface area is 131 Å². The van der Waals surface area contributed by atoms with Crippen LogP contribution < -0.4 is 10.1 Å². The van der Waals surface area contributed by atoms with Crippen LogP contribution in [-0.4, -0.2) is 43.0 Å². The van der Waals surface area contributed by atoms with E-state index in [1.165, 1.54) is 0 Å². The van der Waals surface area contributed by atoms with E-state index < -0.39 is 0 Å². The first kappa shape index (κ1) is 16.3. The molecule has 1 aromatic carbocycles. The van der Waals surface area contributed by atoms with Crippen LogP contribution in [0.3, 0.4) is 0 Å². The highest BCUT2D eigenvalue weighted by atomic mass is 16.5. The minimum atomic E-state index is -0.310. The Kier molecular flexibility index (Phi) is 5.81. The van der Waals surface area contributed by atoms with E-state index in [1.54, 1.807) is 11.9 Å². The van der Waals surface area contributed by atoms with Crippen LogP contribution in [0.25, 0.3) is 0 Å². The van der Waals surface area contributed by atoms with Crippen molar-refractivity contribution >= 4 is 11.8 Å². The van der Waals surface area contributed by atoms with Crippen molar-refractivity contribution in [1.29, 1.82) is 0 Å². The number of benzene rings is 1. The van der Waals surface area contributed by atoms with E-state index in [2.05, 4.69) is 5.32 Å². The van der Waals surface area contributed by atoms with Gasteiger partial charge in [0.25, 0.3) is 0 Å². The summed E-state index contributed by atoms with van der Waals surface area (Å²) in [6.07, 6.45) is 2.28. The average Bonchev–Trinajstić information content (AvgIpc) is 3.03. The summed E-state index contributed by atoms with van der Waals surface area (Å²) in [7, 11) is 1.61. The number of nitrogens with one attached hydrogen (secondary N) is 1. The van der Waals surface area contributed by atoms with Gasteiger partial charge in [0.15, 0.2) is 0 Å². The van der Waals surface area contributed by atoms with Crippen LogP contribution in [-0.2, 0) is 9.59 Å². The van der Waals surface area contributed by atoms with Crippen LogP contribution in [0.4, 0.5) is 0 Å². The van der Waals surface area contributed by atoms with Gasteiger partial charge in [-0.15, -0.1) is 0 Å². The van der Waals surface area contributed by atoms with E-state index in [1.807, 2.05) is 37.3 Å². The molecule has 2 atom stereocenters. The number of nitrogens with zero attached hydrogens (tertiary/aromatic N) is 1. The first-order valence-electron chi connectivity index (χ1n) is 7.83. The van der Waals surface area contributed by atoms with Crippen molar-refractivity contribution in [2.24, 2.45) is 5.92 Å². The van der Waals surface area contributed by atoms with Crippen LogP contribution in [0.2, 0.25) is 0 Å². The standard InChI is InChI=1S/C17H24N2O3/c1-13(10-12-22-14-7-4-3-5-8-14)17(21)19-11-6-9-15(19)16(20)18-2/h3-5,7-8,13,15H,6,9-12H2,1-2H3,(H,18,20)/t13-,15+/m1/s1. The third kappa shape index (κ3) is 4.00. The second-order valence-corrected chi connectivity index (χ2v) is 5.66. The molecule has 1 saturated heterocycles. The quantitative estimate of drug-likeness (QED) is 0.872. The van der Waals surface area contributed by atoms with E-state index >= 15 is 0 Å². The Morgan fingerprint density at radius 1 is 1.36 bits per heavy atom. The molecule has 2 rings (SSSR count). The summed E-state index contributed by atoms with van der Waals surface area (Å²) >= 11 is 0. The molecule has 0 unspecified atom stereocenters. The summed E-state index contributed by atoms with van der Waals surface area (Å²) in [4.78, 5) is 26.0. The number of carbonyl (C=O) groups excluding carboxylic acids is 2. The van der Waals surface area contributed by atoms with Gasteiger partial charge in [0.05, 0.1) is 6.61 Å². The largest absolute Gasteiger partial charge is 0.494 e. The molecule has 0 saturated carbocycles. The molecule has 1 aromatic rings. The van der Waals surface area contributed by atoms with Crippen LogP contribution >= 0.6 is 0 Å². The molecule has 2 amide bonds. The smallest absolute Gasteiger partial charge is 0.242 e. The third-order valence-corrected chi connectivity index (χ3v) is 4.07. The summed E-state index contributed by atoms with van der Waals surface area (Å²) in [5, 5.41) is 2.64. The van der Waals surface area contributed by atoms with Crippen molar-refractivity contribution in [3.05, 3.63) is 30.3 Å². The van der Waals surface area contributed by atoms with E-state index in [-0.39, 0.29) is 23.8 Å². The van der Waals surface area contributed by atoms with Gasteiger partial charge in [0, 0.05) is 19.5 Å². The van der Waals surface area contributed by atoms with Crippen molar-refractivity contribution in [1.82, 2.24) is 10.2 Å². The maximum atomic E-state index is 12.5. The molecule has 120 valence electrons. The number of hydrogen-bond acceptors (Lipinski definition) is 3. The zero-order chi connectivity index (χ0) is 15.9. The normalized spacial score (nSPS) is 18.8. The maximum absolute atomic E-state index is 12.5. The lowest BCUT2D eigenvalue weighted by Gasteiger charge is -2.26. The second kappa shape index (κ2) is 7.82. The van der Waals surface area contributed by atoms with Gasteiger partial charge >= 0.3 is 0 Å². The number of amides is 2. The molecule has 1 aliphatic rings. The minimum Gasteiger partial charge on any atom is -0.494 e. The molecule has 0 aromatic heterocycles. The summed E-state index contributed by atoms with van der Waals surface area (Å²) in [5.74, 6) is 0.641. The number of para-hydroxylation sites is 1. The molecule has 5 heteroatoms. The average molecular weight is 304 g/mol. The predicted molar refractivity (Wildman–Crippen MR) is 84.5 cm³/mol. The molecule has 0 radical (unpaired) electrons. The lowest BCUT2D eigenvalue weighted by molar-refractivity contribution is -0.141.